The average molecular weight is 293 g/mol. The van der Waals surface area contributed by atoms with E-state index in [9.17, 15) is 4.79 Å². The van der Waals surface area contributed by atoms with Gasteiger partial charge >= 0.3 is 5.97 Å². The summed E-state index contributed by atoms with van der Waals surface area (Å²) in [6.45, 7) is 4.53. The number of carboxylic acid groups (broad SMARTS) is 1. The molecule has 0 spiro atoms. The second kappa shape index (κ2) is 7.88. The lowest BCUT2D eigenvalue weighted by Gasteiger charge is -2.20. The predicted octanol–water partition coefficient (Wildman–Crippen LogP) is 2.26. The molecule has 1 saturated carbocycles. The SMILES string of the molecule is CCOc1ccccc1OCCN(CC(=O)O)CC1CC1. The van der Waals surface area contributed by atoms with Crippen molar-refractivity contribution in [3.63, 3.8) is 0 Å². The zero-order chi connectivity index (χ0) is 15.1. The van der Waals surface area contributed by atoms with Crippen LogP contribution in [0.4, 0.5) is 0 Å². The predicted molar refractivity (Wildman–Crippen MR) is 79.9 cm³/mol. The van der Waals surface area contributed by atoms with Crippen LogP contribution in [0.5, 0.6) is 11.5 Å². The van der Waals surface area contributed by atoms with Gasteiger partial charge in [0.15, 0.2) is 11.5 Å². The van der Waals surface area contributed by atoms with Crippen molar-refractivity contribution in [2.75, 3.05) is 32.8 Å². The summed E-state index contributed by atoms with van der Waals surface area (Å²) in [6.07, 6.45) is 2.42. The lowest BCUT2D eigenvalue weighted by molar-refractivity contribution is -0.138. The topological polar surface area (TPSA) is 59.0 Å². The average Bonchev–Trinajstić information content (AvgIpc) is 3.24. The first-order chi connectivity index (χ1) is 10.2. The molecule has 0 amide bonds. The van der Waals surface area contributed by atoms with Gasteiger partial charge in [0.1, 0.15) is 6.61 Å². The molecule has 2 rings (SSSR count). The molecule has 1 aromatic rings. The highest BCUT2D eigenvalue weighted by molar-refractivity contribution is 5.69. The summed E-state index contributed by atoms with van der Waals surface area (Å²) in [7, 11) is 0. The molecule has 5 nitrogen and oxygen atoms in total. The summed E-state index contributed by atoms with van der Waals surface area (Å²) < 4.78 is 11.2. The van der Waals surface area contributed by atoms with Crippen molar-refractivity contribution >= 4 is 5.97 Å². The Morgan fingerprint density at radius 2 is 1.95 bits per heavy atom. The van der Waals surface area contributed by atoms with E-state index < -0.39 is 5.97 Å². The third kappa shape index (κ3) is 5.63. The number of carbonyl (C=O) groups is 1. The first-order valence-electron chi connectivity index (χ1n) is 7.47. The number of nitrogens with zero attached hydrogens (tertiary/aromatic N) is 1. The van der Waals surface area contributed by atoms with E-state index in [4.69, 9.17) is 14.6 Å². The van der Waals surface area contributed by atoms with Crippen molar-refractivity contribution < 1.29 is 19.4 Å². The van der Waals surface area contributed by atoms with E-state index in [0.717, 1.165) is 12.3 Å². The van der Waals surface area contributed by atoms with Gasteiger partial charge in [-0.05, 0) is 37.8 Å². The van der Waals surface area contributed by atoms with Crippen molar-refractivity contribution in [1.82, 2.24) is 4.90 Å². The van der Waals surface area contributed by atoms with Crippen LogP contribution in [0, 0.1) is 5.92 Å². The molecule has 0 bridgehead atoms. The third-order valence-corrected chi connectivity index (χ3v) is 3.39. The molecule has 0 unspecified atom stereocenters. The Hall–Kier alpha value is -1.75. The number of carboxylic acids is 1. The summed E-state index contributed by atoms with van der Waals surface area (Å²) in [5, 5.41) is 8.95. The van der Waals surface area contributed by atoms with Crippen molar-refractivity contribution in [2.45, 2.75) is 19.8 Å². The van der Waals surface area contributed by atoms with Crippen molar-refractivity contribution in [1.29, 1.82) is 0 Å². The maximum atomic E-state index is 10.9. The van der Waals surface area contributed by atoms with Crippen LogP contribution in [0.1, 0.15) is 19.8 Å². The molecule has 0 radical (unpaired) electrons. The normalized spacial score (nSPS) is 14.2. The number of benzene rings is 1. The smallest absolute Gasteiger partial charge is 0.317 e. The zero-order valence-electron chi connectivity index (χ0n) is 12.5. The van der Waals surface area contributed by atoms with E-state index in [1.807, 2.05) is 36.1 Å². The maximum Gasteiger partial charge on any atom is 0.317 e. The molecular weight excluding hydrogens is 270 g/mol. The van der Waals surface area contributed by atoms with Gasteiger partial charge in [0, 0.05) is 13.1 Å². The van der Waals surface area contributed by atoms with E-state index >= 15 is 0 Å². The highest BCUT2D eigenvalue weighted by atomic mass is 16.5. The van der Waals surface area contributed by atoms with Crippen molar-refractivity contribution in [2.24, 2.45) is 5.92 Å². The van der Waals surface area contributed by atoms with E-state index in [2.05, 4.69) is 0 Å². The zero-order valence-corrected chi connectivity index (χ0v) is 12.5. The lowest BCUT2D eigenvalue weighted by atomic mass is 10.3. The third-order valence-electron chi connectivity index (χ3n) is 3.39. The molecule has 5 heteroatoms. The van der Waals surface area contributed by atoms with Gasteiger partial charge in [-0.25, -0.2) is 0 Å². The van der Waals surface area contributed by atoms with Gasteiger partial charge in [-0.15, -0.1) is 0 Å². The van der Waals surface area contributed by atoms with Crippen molar-refractivity contribution in [3.05, 3.63) is 24.3 Å². The van der Waals surface area contributed by atoms with E-state index in [1.54, 1.807) is 0 Å². The lowest BCUT2D eigenvalue weighted by Crippen LogP contribution is -2.35. The van der Waals surface area contributed by atoms with Crippen LogP contribution < -0.4 is 9.47 Å². The fraction of sp³-hybridized carbons (Fsp3) is 0.562. The quantitative estimate of drug-likeness (QED) is 0.717. The molecule has 0 aromatic heterocycles. The van der Waals surface area contributed by atoms with Crippen LogP contribution in [-0.2, 0) is 4.79 Å². The molecule has 1 N–H and O–H groups in total. The highest BCUT2D eigenvalue weighted by Gasteiger charge is 2.25. The number of hydrogen-bond donors (Lipinski definition) is 1. The first-order valence-corrected chi connectivity index (χ1v) is 7.47. The fourth-order valence-electron chi connectivity index (χ4n) is 2.22. The minimum atomic E-state index is -0.787. The van der Waals surface area contributed by atoms with E-state index in [1.165, 1.54) is 12.8 Å². The molecule has 1 aliphatic rings. The minimum absolute atomic E-state index is 0.0764. The second-order valence-electron chi connectivity index (χ2n) is 5.30. The van der Waals surface area contributed by atoms with Crippen LogP contribution in [0.25, 0.3) is 0 Å². The van der Waals surface area contributed by atoms with Crippen LogP contribution in [-0.4, -0.2) is 48.8 Å². The van der Waals surface area contributed by atoms with Gasteiger partial charge in [0.2, 0.25) is 0 Å². The van der Waals surface area contributed by atoms with Gasteiger partial charge in [0.25, 0.3) is 0 Å². The van der Waals surface area contributed by atoms with E-state index in [-0.39, 0.29) is 6.54 Å². The number of para-hydroxylation sites is 2. The number of ether oxygens (including phenoxy) is 2. The van der Waals surface area contributed by atoms with Gasteiger partial charge in [-0.2, -0.15) is 0 Å². The molecule has 0 aliphatic heterocycles. The monoisotopic (exact) mass is 293 g/mol. The Balaban J connectivity index is 1.81. The molecule has 0 atom stereocenters. The molecular formula is C16H23NO4. The molecule has 1 fully saturated rings. The number of hydrogen-bond acceptors (Lipinski definition) is 4. The molecule has 0 saturated heterocycles. The first kappa shape index (κ1) is 15.6. The maximum absolute atomic E-state index is 10.9. The molecule has 116 valence electrons. The summed E-state index contributed by atoms with van der Waals surface area (Å²) in [5.74, 6) is 1.32. The van der Waals surface area contributed by atoms with E-state index in [0.29, 0.717) is 31.4 Å². The van der Waals surface area contributed by atoms with Gasteiger partial charge in [0.05, 0.1) is 13.2 Å². The standard InChI is InChI=1S/C16H23NO4/c1-2-20-14-5-3-4-6-15(14)21-10-9-17(12-16(18)19)11-13-7-8-13/h3-6,13H,2,7-12H2,1H3,(H,18,19). The Labute approximate surface area is 125 Å². The van der Waals surface area contributed by atoms with Crippen LogP contribution >= 0.6 is 0 Å². The number of aliphatic carboxylic acids is 1. The molecule has 1 aliphatic carbocycles. The van der Waals surface area contributed by atoms with Crippen LogP contribution in [0.3, 0.4) is 0 Å². The molecule has 1 aromatic carbocycles. The van der Waals surface area contributed by atoms with Gasteiger partial charge in [-0.1, -0.05) is 12.1 Å². The largest absolute Gasteiger partial charge is 0.490 e. The van der Waals surface area contributed by atoms with Gasteiger partial charge < -0.3 is 14.6 Å². The fourth-order valence-corrected chi connectivity index (χ4v) is 2.22. The Kier molecular flexibility index (Phi) is 5.87. The second-order valence-corrected chi connectivity index (χ2v) is 5.30. The minimum Gasteiger partial charge on any atom is -0.490 e. The summed E-state index contributed by atoms with van der Waals surface area (Å²) in [4.78, 5) is 12.8. The summed E-state index contributed by atoms with van der Waals surface area (Å²) >= 11 is 0. The van der Waals surface area contributed by atoms with Gasteiger partial charge in [-0.3, -0.25) is 9.69 Å². The molecule has 0 heterocycles. The number of rotatable bonds is 10. The van der Waals surface area contributed by atoms with Crippen LogP contribution in [0.15, 0.2) is 24.3 Å². The Morgan fingerprint density at radius 1 is 1.29 bits per heavy atom. The molecule has 21 heavy (non-hydrogen) atoms. The summed E-state index contributed by atoms with van der Waals surface area (Å²) in [5.41, 5.74) is 0. The highest BCUT2D eigenvalue weighted by Crippen LogP contribution is 2.30. The Morgan fingerprint density at radius 3 is 2.52 bits per heavy atom. The Bertz CT molecular complexity index is 459. The van der Waals surface area contributed by atoms with Crippen molar-refractivity contribution in [3.8, 4) is 11.5 Å². The summed E-state index contributed by atoms with van der Waals surface area (Å²) in [6, 6.07) is 7.55. The van der Waals surface area contributed by atoms with Crippen LogP contribution in [0.2, 0.25) is 0 Å².